The molecule has 1 aromatic carbocycles. The maximum Gasteiger partial charge on any atom is 0.227 e. The van der Waals surface area contributed by atoms with Crippen LogP contribution < -0.4 is 0 Å². The highest BCUT2D eigenvalue weighted by Crippen LogP contribution is 2.37. The van der Waals surface area contributed by atoms with Crippen molar-refractivity contribution in [1.29, 1.82) is 0 Å². The number of benzene rings is 1. The zero-order chi connectivity index (χ0) is 21.2. The van der Waals surface area contributed by atoms with Crippen molar-refractivity contribution < 1.29 is 4.79 Å². The molecule has 0 unspecified atom stereocenters. The van der Waals surface area contributed by atoms with Gasteiger partial charge in [0.1, 0.15) is 0 Å². The van der Waals surface area contributed by atoms with Crippen molar-refractivity contribution >= 4 is 17.5 Å². The summed E-state index contributed by atoms with van der Waals surface area (Å²) in [7, 11) is 0. The number of pyridine rings is 2. The molecule has 1 atom stereocenters. The average molecular weight is 433 g/mol. The molecule has 1 amide bonds. The van der Waals surface area contributed by atoms with Gasteiger partial charge < -0.3 is 4.90 Å². The molecular weight excluding hydrogens is 408 g/mol. The molecule has 0 radical (unpaired) electrons. The normalized spacial score (nSPS) is 18.7. The Kier molecular flexibility index (Phi) is 5.70. The van der Waals surface area contributed by atoms with Gasteiger partial charge in [0.25, 0.3) is 0 Å². The highest BCUT2D eigenvalue weighted by molar-refractivity contribution is 6.30. The Labute approximate surface area is 187 Å². The van der Waals surface area contributed by atoms with Gasteiger partial charge >= 0.3 is 0 Å². The fraction of sp³-hybridized carbons (Fsp3) is 0.320. The Morgan fingerprint density at radius 2 is 1.74 bits per heavy atom. The van der Waals surface area contributed by atoms with Gasteiger partial charge in [-0.15, -0.1) is 0 Å². The summed E-state index contributed by atoms with van der Waals surface area (Å²) in [5, 5.41) is 0.781. The lowest BCUT2D eigenvalue weighted by Gasteiger charge is -2.39. The minimum Gasteiger partial charge on any atom is -0.340 e. The van der Waals surface area contributed by atoms with E-state index in [0.29, 0.717) is 6.42 Å². The molecule has 158 valence electrons. The number of hydrogen-bond acceptors (Lipinski definition) is 4. The van der Waals surface area contributed by atoms with E-state index in [4.69, 9.17) is 16.6 Å². The Morgan fingerprint density at radius 3 is 2.55 bits per heavy atom. The number of hydrogen-bond donors (Lipinski definition) is 0. The highest BCUT2D eigenvalue weighted by atomic mass is 35.5. The third kappa shape index (κ3) is 4.21. The second-order valence-corrected chi connectivity index (χ2v) is 8.68. The molecule has 0 N–H and O–H groups in total. The second-order valence-electron chi connectivity index (χ2n) is 8.24. The summed E-state index contributed by atoms with van der Waals surface area (Å²) < 4.78 is 0. The van der Waals surface area contributed by atoms with Gasteiger partial charge in [0.15, 0.2) is 0 Å². The summed E-state index contributed by atoms with van der Waals surface area (Å²) in [6, 6.07) is 14.4. The summed E-state index contributed by atoms with van der Waals surface area (Å²) in [5.41, 5.74) is 6.04. The fourth-order valence-corrected chi connectivity index (χ4v) is 4.96. The van der Waals surface area contributed by atoms with E-state index in [1.165, 1.54) is 16.7 Å². The number of carbonyl (C=O) groups is 1. The minimum absolute atomic E-state index is 0.100. The molecule has 1 aliphatic heterocycles. The van der Waals surface area contributed by atoms with Crippen LogP contribution in [0.25, 0.3) is 0 Å². The Bertz CT molecular complexity index is 1080. The molecule has 2 aliphatic rings. The summed E-state index contributed by atoms with van der Waals surface area (Å²) in [6.07, 6.45) is 7.73. The van der Waals surface area contributed by atoms with Crippen LogP contribution in [0.2, 0.25) is 5.02 Å². The van der Waals surface area contributed by atoms with E-state index >= 15 is 0 Å². The van der Waals surface area contributed by atoms with Crippen LogP contribution in [0.3, 0.4) is 0 Å². The van der Waals surface area contributed by atoms with E-state index in [-0.39, 0.29) is 11.9 Å². The SMILES string of the molecule is O=C(Cc1ccncc1)N1CCN([C@@H]2c3ccc(Cl)cc3CCc3cccnc32)CC1. The van der Waals surface area contributed by atoms with Crippen LogP contribution in [0.1, 0.15) is 34.0 Å². The molecule has 3 aromatic rings. The van der Waals surface area contributed by atoms with Crippen molar-refractivity contribution in [2.24, 2.45) is 0 Å². The smallest absolute Gasteiger partial charge is 0.227 e. The molecular formula is C25H25ClN4O. The van der Waals surface area contributed by atoms with Crippen molar-refractivity contribution in [1.82, 2.24) is 19.8 Å². The Hall–Kier alpha value is -2.76. The van der Waals surface area contributed by atoms with E-state index in [9.17, 15) is 4.79 Å². The predicted molar refractivity (Wildman–Crippen MR) is 121 cm³/mol. The molecule has 2 aromatic heterocycles. The molecule has 0 saturated carbocycles. The lowest BCUT2D eigenvalue weighted by molar-refractivity contribution is -0.132. The fourth-order valence-electron chi connectivity index (χ4n) is 4.77. The number of nitrogens with zero attached hydrogens (tertiary/aromatic N) is 4. The predicted octanol–water partition coefficient (Wildman–Crippen LogP) is 3.70. The summed E-state index contributed by atoms with van der Waals surface area (Å²) >= 11 is 6.32. The van der Waals surface area contributed by atoms with Gasteiger partial charge in [-0.25, -0.2) is 0 Å². The lowest BCUT2D eigenvalue weighted by Crippen LogP contribution is -2.50. The lowest BCUT2D eigenvalue weighted by atomic mass is 9.96. The van der Waals surface area contributed by atoms with Crippen molar-refractivity contribution in [3.63, 3.8) is 0 Å². The number of amides is 1. The number of aryl methyl sites for hydroxylation is 2. The third-order valence-electron chi connectivity index (χ3n) is 6.39. The zero-order valence-electron chi connectivity index (χ0n) is 17.4. The molecule has 3 heterocycles. The number of halogens is 1. The van der Waals surface area contributed by atoms with Gasteiger partial charge in [0, 0.05) is 49.8 Å². The van der Waals surface area contributed by atoms with Crippen LogP contribution >= 0.6 is 11.6 Å². The molecule has 0 bridgehead atoms. The van der Waals surface area contributed by atoms with E-state index < -0.39 is 0 Å². The van der Waals surface area contributed by atoms with Crippen LogP contribution in [0, 0.1) is 0 Å². The number of aromatic nitrogens is 2. The number of piperazine rings is 1. The number of fused-ring (bicyclic) bond motifs is 2. The molecule has 1 aliphatic carbocycles. The number of rotatable bonds is 3. The van der Waals surface area contributed by atoms with Gasteiger partial charge in [0.05, 0.1) is 18.2 Å². The summed E-state index contributed by atoms with van der Waals surface area (Å²) in [4.78, 5) is 26.1. The van der Waals surface area contributed by atoms with Crippen molar-refractivity contribution in [3.8, 4) is 0 Å². The second kappa shape index (κ2) is 8.77. The van der Waals surface area contributed by atoms with Crippen LogP contribution in [-0.2, 0) is 24.1 Å². The van der Waals surface area contributed by atoms with Crippen molar-refractivity contribution in [2.75, 3.05) is 26.2 Å². The monoisotopic (exact) mass is 432 g/mol. The van der Waals surface area contributed by atoms with E-state index in [2.05, 4.69) is 28.1 Å². The zero-order valence-corrected chi connectivity index (χ0v) is 18.1. The molecule has 5 nitrogen and oxygen atoms in total. The summed E-state index contributed by atoms with van der Waals surface area (Å²) in [6.45, 7) is 3.10. The molecule has 5 rings (SSSR count). The molecule has 1 saturated heterocycles. The standard InChI is InChI=1S/C25H25ClN4O/c26-21-5-6-22-20(17-21)4-3-19-2-1-9-28-24(19)25(22)30-14-12-29(13-15-30)23(31)16-18-7-10-27-11-8-18/h1-2,5-11,17,25H,3-4,12-16H2/t25-/m1/s1. The average Bonchev–Trinajstić information content (AvgIpc) is 2.96. The Morgan fingerprint density at radius 1 is 0.968 bits per heavy atom. The maximum absolute atomic E-state index is 12.8. The van der Waals surface area contributed by atoms with Gasteiger partial charge in [-0.1, -0.05) is 23.7 Å². The number of carbonyl (C=O) groups excluding carboxylic acids is 1. The van der Waals surface area contributed by atoms with Crippen molar-refractivity contribution in [3.05, 3.63) is 94.0 Å². The van der Waals surface area contributed by atoms with E-state index in [1.807, 2.05) is 35.4 Å². The highest BCUT2D eigenvalue weighted by Gasteiger charge is 2.33. The molecule has 1 fully saturated rings. The first-order chi connectivity index (χ1) is 15.2. The molecule has 6 heteroatoms. The van der Waals surface area contributed by atoms with Crippen LogP contribution in [-0.4, -0.2) is 51.9 Å². The van der Waals surface area contributed by atoms with E-state index in [0.717, 1.165) is 55.3 Å². The first-order valence-electron chi connectivity index (χ1n) is 10.8. The van der Waals surface area contributed by atoms with Crippen LogP contribution in [0.4, 0.5) is 0 Å². The van der Waals surface area contributed by atoms with Gasteiger partial charge in [-0.3, -0.25) is 19.7 Å². The largest absolute Gasteiger partial charge is 0.340 e. The first-order valence-corrected chi connectivity index (χ1v) is 11.2. The van der Waals surface area contributed by atoms with Gasteiger partial charge in [-0.05, 0) is 65.4 Å². The molecule has 0 spiro atoms. The maximum atomic E-state index is 12.8. The first kappa shape index (κ1) is 20.2. The van der Waals surface area contributed by atoms with E-state index in [1.54, 1.807) is 12.4 Å². The van der Waals surface area contributed by atoms with Gasteiger partial charge in [-0.2, -0.15) is 0 Å². The van der Waals surface area contributed by atoms with Gasteiger partial charge in [0.2, 0.25) is 5.91 Å². The minimum atomic E-state index is 0.100. The summed E-state index contributed by atoms with van der Waals surface area (Å²) in [5.74, 6) is 0.178. The third-order valence-corrected chi connectivity index (χ3v) is 6.62. The Balaban J connectivity index is 1.37. The van der Waals surface area contributed by atoms with Crippen molar-refractivity contribution in [2.45, 2.75) is 25.3 Å². The van der Waals surface area contributed by atoms with Crippen LogP contribution in [0.15, 0.2) is 61.1 Å². The van der Waals surface area contributed by atoms with Crippen LogP contribution in [0.5, 0.6) is 0 Å². The quantitative estimate of drug-likeness (QED) is 0.633. The molecule has 31 heavy (non-hydrogen) atoms. The topological polar surface area (TPSA) is 49.3 Å².